The fourth-order valence-corrected chi connectivity index (χ4v) is 2.89. The zero-order valence-corrected chi connectivity index (χ0v) is 12.1. The van der Waals surface area contributed by atoms with Crippen molar-refractivity contribution in [1.29, 1.82) is 0 Å². The number of rotatable bonds is 6. The van der Waals surface area contributed by atoms with Crippen LogP contribution in [0.3, 0.4) is 0 Å². The van der Waals surface area contributed by atoms with Crippen LogP contribution in [0.25, 0.3) is 10.8 Å². The molecule has 2 aromatic rings. The van der Waals surface area contributed by atoms with Crippen LogP contribution in [-0.2, 0) is 0 Å². The van der Waals surface area contributed by atoms with Crippen molar-refractivity contribution in [3.63, 3.8) is 0 Å². The average Bonchev–Trinajstić information content (AvgIpc) is 3.25. The maximum Gasteiger partial charge on any atom is 0.0436 e. The van der Waals surface area contributed by atoms with Gasteiger partial charge in [0.05, 0.1) is 0 Å². The average molecular weight is 269 g/mol. The minimum atomic E-state index is 0.312. The molecule has 2 aromatic carbocycles. The normalized spacial score (nSPS) is 18.1. The highest BCUT2D eigenvalue weighted by Gasteiger charge is 2.41. The van der Waals surface area contributed by atoms with Crippen molar-refractivity contribution >= 4 is 10.8 Å². The van der Waals surface area contributed by atoms with Crippen molar-refractivity contribution in [1.82, 2.24) is 5.32 Å². The van der Waals surface area contributed by atoms with Crippen LogP contribution in [0.2, 0.25) is 0 Å². The van der Waals surface area contributed by atoms with Gasteiger partial charge in [-0.05, 0) is 54.0 Å². The fourth-order valence-electron chi connectivity index (χ4n) is 2.89. The van der Waals surface area contributed by atoms with Crippen molar-refractivity contribution in [2.24, 2.45) is 5.41 Å². The molecule has 0 bridgehead atoms. The summed E-state index contributed by atoms with van der Waals surface area (Å²) < 4.78 is 0. The summed E-state index contributed by atoms with van der Waals surface area (Å²) in [6.45, 7) is 3.55. The number of nitrogens with one attached hydrogen (secondary N) is 1. The number of hydrogen-bond donors (Lipinski definition) is 2. The fraction of sp³-hybridized carbons (Fsp3) is 0.444. The SMILES string of the molecule is CC(NCC1(CCO)CC1)c1ccc2ccccc2c1. The molecule has 0 saturated heterocycles. The van der Waals surface area contributed by atoms with E-state index in [2.05, 4.69) is 54.7 Å². The van der Waals surface area contributed by atoms with Crippen LogP contribution in [0.15, 0.2) is 42.5 Å². The molecule has 1 atom stereocenters. The van der Waals surface area contributed by atoms with Gasteiger partial charge < -0.3 is 10.4 Å². The van der Waals surface area contributed by atoms with Gasteiger partial charge in [-0.3, -0.25) is 0 Å². The summed E-state index contributed by atoms with van der Waals surface area (Å²) in [6, 6.07) is 15.5. The van der Waals surface area contributed by atoms with Gasteiger partial charge in [-0.1, -0.05) is 36.4 Å². The van der Waals surface area contributed by atoms with Gasteiger partial charge >= 0.3 is 0 Å². The molecule has 2 nitrogen and oxygen atoms in total. The topological polar surface area (TPSA) is 32.3 Å². The second-order valence-electron chi connectivity index (χ2n) is 6.18. The molecule has 1 fully saturated rings. The van der Waals surface area contributed by atoms with Crippen LogP contribution < -0.4 is 5.32 Å². The standard InChI is InChI=1S/C18H23NO/c1-14(19-13-18(8-9-18)10-11-20)16-7-6-15-4-2-3-5-17(15)12-16/h2-7,12,14,19-20H,8-11,13H2,1H3. The van der Waals surface area contributed by atoms with E-state index < -0.39 is 0 Å². The predicted octanol–water partition coefficient (Wildman–Crippen LogP) is 3.65. The summed E-state index contributed by atoms with van der Waals surface area (Å²) >= 11 is 0. The maximum atomic E-state index is 9.11. The van der Waals surface area contributed by atoms with Crippen molar-refractivity contribution in [3.8, 4) is 0 Å². The second-order valence-corrected chi connectivity index (χ2v) is 6.18. The molecule has 0 aliphatic heterocycles. The summed E-state index contributed by atoms with van der Waals surface area (Å²) in [5.74, 6) is 0. The molecule has 20 heavy (non-hydrogen) atoms. The maximum absolute atomic E-state index is 9.11. The van der Waals surface area contributed by atoms with E-state index in [1.54, 1.807) is 0 Å². The molecule has 1 aliphatic carbocycles. The Balaban J connectivity index is 1.67. The first kappa shape index (κ1) is 13.6. The Kier molecular flexibility index (Phi) is 3.77. The largest absolute Gasteiger partial charge is 0.396 e. The lowest BCUT2D eigenvalue weighted by atomic mass is 10.00. The molecule has 0 radical (unpaired) electrons. The van der Waals surface area contributed by atoms with Crippen LogP contribution >= 0.6 is 0 Å². The quantitative estimate of drug-likeness (QED) is 0.839. The Morgan fingerprint density at radius 2 is 1.90 bits per heavy atom. The Morgan fingerprint density at radius 3 is 2.60 bits per heavy atom. The number of aliphatic hydroxyl groups excluding tert-OH is 1. The number of aliphatic hydroxyl groups is 1. The van der Waals surface area contributed by atoms with Gasteiger partial charge in [0.2, 0.25) is 0 Å². The lowest BCUT2D eigenvalue weighted by Gasteiger charge is -2.20. The van der Waals surface area contributed by atoms with Gasteiger partial charge in [-0.2, -0.15) is 0 Å². The van der Waals surface area contributed by atoms with Gasteiger partial charge in [0.1, 0.15) is 0 Å². The Labute approximate surface area is 120 Å². The Hall–Kier alpha value is -1.38. The first-order valence-electron chi connectivity index (χ1n) is 7.55. The van der Waals surface area contributed by atoms with E-state index >= 15 is 0 Å². The van der Waals surface area contributed by atoms with E-state index in [0.29, 0.717) is 18.1 Å². The molecule has 0 spiro atoms. The smallest absolute Gasteiger partial charge is 0.0436 e. The van der Waals surface area contributed by atoms with Crippen molar-refractivity contribution in [2.75, 3.05) is 13.2 Å². The van der Waals surface area contributed by atoms with Gasteiger partial charge in [0.25, 0.3) is 0 Å². The third kappa shape index (κ3) is 2.87. The third-order valence-electron chi connectivity index (χ3n) is 4.66. The van der Waals surface area contributed by atoms with E-state index in [4.69, 9.17) is 5.11 Å². The number of fused-ring (bicyclic) bond motifs is 1. The highest BCUT2D eigenvalue weighted by molar-refractivity contribution is 5.83. The van der Waals surface area contributed by atoms with Gasteiger partial charge in [0.15, 0.2) is 0 Å². The lowest BCUT2D eigenvalue weighted by molar-refractivity contribution is 0.243. The molecule has 0 heterocycles. The van der Waals surface area contributed by atoms with E-state index in [1.807, 2.05) is 0 Å². The van der Waals surface area contributed by atoms with Crippen LogP contribution in [-0.4, -0.2) is 18.3 Å². The van der Waals surface area contributed by atoms with Crippen LogP contribution in [0.1, 0.15) is 37.8 Å². The van der Waals surface area contributed by atoms with Crippen LogP contribution in [0, 0.1) is 5.41 Å². The minimum absolute atomic E-state index is 0.312. The highest BCUT2D eigenvalue weighted by Crippen LogP contribution is 2.48. The molecule has 0 amide bonds. The van der Waals surface area contributed by atoms with E-state index in [9.17, 15) is 0 Å². The molecule has 106 valence electrons. The first-order chi connectivity index (χ1) is 9.72. The van der Waals surface area contributed by atoms with E-state index in [1.165, 1.54) is 29.2 Å². The first-order valence-corrected chi connectivity index (χ1v) is 7.55. The summed E-state index contributed by atoms with van der Waals surface area (Å²) in [5, 5.41) is 15.3. The summed E-state index contributed by atoms with van der Waals surface area (Å²) in [5.41, 5.74) is 1.71. The van der Waals surface area contributed by atoms with Crippen LogP contribution in [0.5, 0.6) is 0 Å². The zero-order valence-electron chi connectivity index (χ0n) is 12.1. The van der Waals surface area contributed by atoms with Gasteiger partial charge in [-0.25, -0.2) is 0 Å². The molecule has 1 unspecified atom stereocenters. The predicted molar refractivity (Wildman–Crippen MR) is 83.7 cm³/mol. The van der Waals surface area contributed by atoms with Crippen molar-refractivity contribution in [2.45, 2.75) is 32.2 Å². The van der Waals surface area contributed by atoms with Gasteiger partial charge in [-0.15, -0.1) is 0 Å². The van der Waals surface area contributed by atoms with Crippen LogP contribution in [0.4, 0.5) is 0 Å². The zero-order chi connectivity index (χ0) is 14.0. The number of hydrogen-bond acceptors (Lipinski definition) is 2. The minimum Gasteiger partial charge on any atom is -0.396 e. The second kappa shape index (κ2) is 5.55. The highest BCUT2D eigenvalue weighted by atomic mass is 16.3. The van der Waals surface area contributed by atoms with E-state index in [-0.39, 0.29) is 0 Å². The Morgan fingerprint density at radius 1 is 1.15 bits per heavy atom. The van der Waals surface area contributed by atoms with Gasteiger partial charge in [0, 0.05) is 19.2 Å². The molecular formula is C18H23NO. The summed E-state index contributed by atoms with van der Waals surface area (Å²) in [6.07, 6.45) is 3.44. The monoisotopic (exact) mass is 269 g/mol. The molecule has 2 heteroatoms. The lowest BCUT2D eigenvalue weighted by Crippen LogP contribution is -2.27. The molecular weight excluding hydrogens is 246 g/mol. The molecule has 1 saturated carbocycles. The molecule has 1 aliphatic rings. The summed E-state index contributed by atoms with van der Waals surface area (Å²) in [4.78, 5) is 0. The van der Waals surface area contributed by atoms with E-state index in [0.717, 1.165) is 13.0 Å². The molecule has 3 rings (SSSR count). The summed E-state index contributed by atoms with van der Waals surface area (Å²) in [7, 11) is 0. The van der Waals surface area contributed by atoms with Crippen molar-refractivity contribution < 1.29 is 5.11 Å². The molecule has 0 aromatic heterocycles. The third-order valence-corrected chi connectivity index (χ3v) is 4.66. The molecule has 2 N–H and O–H groups in total. The van der Waals surface area contributed by atoms with Crippen molar-refractivity contribution in [3.05, 3.63) is 48.0 Å². The number of benzene rings is 2. The Bertz CT molecular complexity index is 589.